The number of nitrogens with one attached hydrogen (secondary N) is 2. The topological polar surface area (TPSA) is 105 Å². The van der Waals surface area contributed by atoms with Crippen LogP contribution in [0.1, 0.15) is 63.4 Å². The third-order valence-electron chi connectivity index (χ3n) is 7.92. The maximum absolute atomic E-state index is 12.3. The van der Waals surface area contributed by atoms with Crippen molar-refractivity contribution >= 4 is 17.1 Å². The van der Waals surface area contributed by atoms with Crippen molar-refractivity contribution in [3.63, 3.8) is 0 Å². The van der Waals surface area contributed by atoms with Gasteiger partial charge in [0.25, 0.3) is 5.91 Å². The van der Waals surface area contributed by atoms with Gasteiger partial charge in [0.05, 0.1) is 28.6 Å². The first-order valence-corrected chi connectivity index (χ1v) is 11.5. The van der Waals surface area contributed by atoms with Gasteiger partial charge in [0.15, 0.2) is 0 Å². The van der Waals surface area contributed by atoms with Crippen LogP contribution in [0.3, 0.4) is 0 Å². The number of primary amides is 1. The van der Waals surface area contributed by atoms with E-state index in [1.165, 1.54) is 6.20 Å². The fourth-order valence-corrected chi connectivity index (χ4v) is 5.00. The Hall–Kier alpha value is -2.90. The average molecular weight is 450 g/mol. The lowest BCUT2D eigenvalue weighted by atomic mass is 9.74. The van der Waals surface area contributed by atoms with Crippen molar-refractivity contribution in [2.75, 3.05) is 12.4 Å². The van der Waals surface area contributed by atoms with E-state index in [0.717, 1.165) is 40.7 Å². The lowest BCUT2D eigenvalue weighted by Gasteiger charge is -2.42. The molecule has 7 heteroatoms. The van der Waals surface area contributed by atoms with Crippen molar-refractivity contribution < 1.29 is 9.90 Å². The Balaban J connectivity index is 1.77. The molecule has 0 radical (unpaired) electrons. The van der Waals surface area contributed by atoms with Crippen LogP contribution in [0.4, 0.5) is 5.69 Å². The van der Waals surface area contributed by atoms with Gasteiger partial charge in [-0.15, -0.1) is 0 Å². The molecule has 0 saturated heterocycles. The van der Waals surface area contributed by atoms with Crippen molar-refractivity contribution in [2.45, 2.75) is 64.6 Å². The highest BCUT2D eigenvalue weighted by atomic mass is 16.3. The van der Waals surface area contributed by atoms with E-state index in [1.807, 2.05) is 43.6 Å². The molecule has 0 aliphatic heterocycles. The third-order valence-corrected chi connectivity index (χ3v) is 7.92. The van der Waals surface area contributed by atoms with E-state index >= 15 is 0 Å². The van der Waals surface area contributed by atoms with E-state index in [4.69, 9.17) is 5.73 Å². The Morgan fingerprint density at radius 2 is 1.88 bits per heavy atom. The average Bonchev–Trinajstić information content (AvgIpc) is 3.28. The molecular formula is C26H35N5O2. The van der Waals surface area contributed by atoms with Crippen molar-refractivity contribution in [1.82, 2.24) is 14.9 Å². The normalized spacial score (nSPS) is 22.6. The van der Waals surface area contributed by atoms with Gasteiger partial charge >= 0.3 is 0 Å². The van der Waals surface area contributed by atoms with E-state index in [9.17, 15) is 9.90 Å². The summed E-state index contributed by atoms with van der Waals surface area (Å²) in [6.07, 6.45) is 5.49. The first kappa shape index (κ1) is 23.3. The zero-order valence-electron chi connectivity index (χ0n) is 20.4. The minimum Gasteiger partial charge on any atom is -0.386 e. The first-order valence-electron chi connectivity index (χ1n) is 11.5. The number of nitrogens with zero attached hydrogens (tertiary/aromatic N) is 2. The summed E-state index contributed by atoms with van der Waals surface area (Å²) in [6, 6.07) is 10.0. The molecule has 1 aromatic carbocycles. The van der Waals surface area contributed by atoms with Crippen LogP contribution >= 0.6 is 0 Å². The minimum absolute atomic E-state index is 0.0176. The number of carbonyl (C=O) groups excluding carboxylic acids is 1. The number of fused-ring (bicyclic) bond motifs is 1. The highest BCUT2D eigenvalue weighted by Gasteiger charge is 2.51. The zero-order chi connectivity index (χ0) is 24.2. The molecule has 4 rings (SSSR count). The number of hydrogen-bond donors (Lipinski definition) is 4. The lowest BCUT2D eigenvalue weighted by Crippen LogP contribution is -2.53. The van der Waals surface area contributed by atoms with Gasteiger partial charge in [0.2, 0.25) is 0 Å². The predicted molar refractivity (Wildman–Crippen MR) is 132 cm³/mol. The largest absolute Gasteiger partial charge is 0.386 e. The number of nitrogens with two attached hydrogens (primary N) is 1. The number of hydrogen-bond acceptors (Lipinski definition) is 5. The highest BCUT2D eigenvalue weighted by molar-refractivity contribution is 6.02. The summed E-state index contributed by atoms with van der Waals surface area (Å²) in [5.74, 6) is -0.503. The van der Waals surface area contributed by atoms with Crippen LogP contribution in [0.5, 0.6) is 0 Å². The van der Waals surface area contributed by atoms with Gasteiger partial charge in [-0.1, -0.05) is 38.1 Å². The van der Waals surface area contributed by atoms with E-state index in [-0.39, 0.29) is 17.0 Å². The van der Waals surface area contributed by atoms with Gasteiger partial charge in [-0.05, 0) is 57.9 Å². The summed E-state index contributed by atoms with van der Waals surface area (Å²) >= 11 is 0. The molecule has 1 unspecified atom stereocenters. The fourth-order valence-electron chi connectivity index (χ4n) is 5.00. The number of aromatic nitrogens is 2. The summed E-state index contributed by atoms with van der Waals surface area (Å²) in [4.78, 5) is 12.3. The molecule has 0 spiro atoms. The Bertz CT molecular complexity index is 1190. The van der Waals surface area contributed by atoms with Crippen LogP contribution in [0, 0.1) is 5.41 Å². The number of anilines is 1. The molecule has 33 heavy (non-hydrogen) atoms. The number of carbonyl (C=O) groups is 1. The quantitative estimate of drug-likeness (QED) is 0.457. The molecule has 3 aromatic rings. The Morgan fingerprint density at radius 1 is 1.21 bits per heavy atom. The van der Waals surface area contributed by atoms with Crippen LogP contribution in [0.25, 0.3) is 16.6 Å². The van der Waals surface area contributed by atoms with Gasteiger partial charge in [-0.3, -0.25) is 4.79 Å². The van der Waals surface area contributed by atoms with Crippen LogP contribution < -0.4 is 16.4 Å². The molecule has 176 valence electrons. The SMILES string of the molecule is CNC1(C)CC[C@@H](Nc2c(C(N)=O)cnn3cc(-c4ccc(C(C)(C)O)cc4)cc23)C1(C)C. The summed E-state index contributed by atoms with van der Waals surface area (Å²) in [6.45, 7) is 10.3. The number of amides is 1. The van der Waals surface area contributed by atoms with E-state index in [0.29, 0.717) is 5.56 Å². The van der Waals surface area contributed by atoms with E-state index < -0.39 is 11.5 Å². The molecule has 2 heterocycles. The molecule has 5 N–H and O–H groups in total. The monoisotopic (exact) mass is 449 g/mol. The Labute approximate surface area is 195 Å². The van der Waals surface area contributed by atoms with Crippen molar-refractivity contribution in [3.8, 4) is 11.1 Å². The maximum atomic E-state index is 12.3. The van der Waals surface area contributed by atoms with E-state index in [1.54, 1.807) is 18.4 Å². The Kier molecular flexibility index (Phi) is 5.53. The van der Waals surface area contributed by atoms with Gasteiger partial charge < -0.3 is 21.5 Å². The van der Waals surface area contributed by atoms with Crippen LogP contribution in [0.2, 0.25) is 0 Å². The maximum Gasteiger partial charge on any atom is 0.252 e. The summed E-state index contributed by atoms with van der Waals surface area (Å²) in [5.41, 5.74) is 9.51. The van der Waals surface area contributed by atoms with Crippen molar-refractivity contribution in [2.24, 2.45) is 11.1 Å². The second-order valence-electron chi connectivity index (χ2n) is 10.5. The first-order chi connectivity index (χ1) is 15.4. The molecule has 0 bridgehead atoms. The number of rotatable bonds is 6. The summed E-state index contributed by atoms with van der Waals surface area (Å²) < 4.78 is 1.78. The molecule has 2 aromatic heterocycles. The standard InChI is InChI=1S/C26H35N5O2/c1-24(2)21(11-12-26(24,5)28-6)30-22-19(23(27)32)14-29-31-15-17(13-20(22)31)16-7-9-18(10-8-16)25(3,4)33/h7-10,13-15,21,28,30,33H,11-12H2,1-6H3,(H2,27,32)/t21-,26?/m1/s1. The van der Waals surface area contributed by atoms with Gasteiger partial charge in [0.1, 0.15) is 0 Å². The van der Waals surface area contributed by atoms with Gasteiger partial charge in [-0.2, -0.15) is 5.10 Å². The van der Waals surface area contributed by atoms with Crippen LogP contribution in [-0.4, -0.2) is 39.3 Å². The predicted octanol–water partition coefficient (Wildman–Crippen LogP) is 3.91. The number of aliphatic hydroxyl groups is 1. The van der Waals surface area contributed by atoms with Crippen molar-refractivity contribution in [3.05, 3.63) is 53.9 Å². The van der Waals surface area contributed by atoms with E-state index in [2.05, 4.69) is 36.5 Å². The fraction of sp³-hybridized carbons (Fsp3) is 0.462. The Morgan fingerprint density at radius 3 is 2.42 bits per heavy atom. The number of benzene rings is 1. The molecule has 1 amide bonds. The third kappa shape index (κ3) is 3.89. The highest BCUT2D eigenvalue weighted by Crippen LogP contribution is 2.47. The molecule has 1 fully saturated rings. The second-order valence-corrected chi connectivity index (χ2v) is 10.5. The molecule has 1 saturated carbocycles. The van der Waals surface area contributed by atoms with Crippen LogP contribution in [-0.2, 0) is 5.60 Å². The van der Waals surface area contributed by atoms with Crippen LogP contribution in [0.15, 0.2) is 42.7 Å². The molecule has 7 nitrogen and oxygen atoms in total. The molecule has 1 aliphatic carbocycles. The lowest BCUT2D eigenvalue weighted by molar-refractivity contribution is 0.0786. The van der Waals surface area contributed by atoms with Gasteiger partial charge in [-0.25, -0.2) is 4.52 Å². The van der Waals surface area contributed by atoms with Crippen molar-refractivity contribution in [1.29, 1.82) is 0 Å². The zero-order valence-corrected chi connectivity index (χ0v) is 20.4. The smallest absolute Gasteiger partial charge is 0.252 e. The second kappa shape index (κ2) is 7.85. The van der Waals surface area contributed by atoms with Gasteiger partial charge in [0, 0.05) is 28.8 Å². The summed E-state index contributed by atoms with van der Waals surface area (Å²) in [5, 5.41) is 21.9. The minimum atomic E-state index is -0.894. The molecule has 2 atom stereocenters. The molecular weight excluding hydrogens is 414 g/mol. The molecule has 1 aliphatic rings. The summed E-state index contributed by atoms with van der Waals surface area (Å²) in [7, 11) is 2.01.